The maximum Gasteiger partial charge on any atom is 0.218 e. The van der Waals surface area contributed by atoms with E-state index in [-0.39, 0.29) is 11.7 Å². The van der Waals surface area contributed by atoms with Crippen LogP contribution in [-0.2, 0) is 14.3 Å². The van der Waals surface area contributed by atoms with Gasteiger partial charge in [-0.25, -0.2) is 0 Å². The topological polar surface area (TPSA) is 35.5 Å². The highest BCUT2D eigenvalue weighted by molar-refractivity contribution is 5.86. The summed E-state index contributed by atoms with van der Waals surface area (Å²) in [6.45, 7) is 3.58. The van der Waals surface area contributed by atoms with E-state index in [0.717, 1.165) is 12.8 Å². The first kappa shape index (κ1) is 15.2. The van der Waals surface area contributed by atoms with E-state index < -0.39 is 6.29 Å². The normalized spacial score (nSPS) is 37.2. The number of carbonyl (C=O) groups is 1. The molecule has 3 rings (SSSR count). The number of Topliss-reactive ketones (excluding diaryl/α,β-unsaturated/α-hetero) is 1. The lowest BCUT2D eigenvalue weighted by atomic mass is 9.79. The molecule has 118 valence electrons. The maximum absolute atomic E-state index is 12.5. The number of ether oxygens (including phenoxy) is 2. The Morgan fingerprint density at radius 2 is 1.90 bits per heavy atom. The number of ketones is 1. The van der Waals surface area contributed by atoms with Crippen LogP contribution >= 0.6 is 0 Å². The van der Waals surface area contributed by atoms with Gasteiger partial charge < -0.3 is 9.47 Å². The summed E-state index contributed by atoms with van der Waals surface area (Å²) in [4.78, 5) is 12.5. The lowest BCUT2D eigenvalue weighted by molar-refractivity contribution is -0.195. The van der Waals surface area contributed by atoms with Crippen molar-refractivity contribution in [1.82, 2.24) is 0 Å². The Balaban J connectivity index is 1.37. The van der Waals surface area contributed by atoms with E-state index in [9.17, 15) is 4.79 Å². The molecular formula is C18H28O3. The third-order valence-corrected chi connectivity index (χ3v) is 5.39. The lowest BCUT2D eigenvalue weighted by Gasteiger charge is -2.35. The second-order valence-corrected chi connectivity index (χ2v) is 6.84. The SMILES string of the molecule is CCCCCCCCO[C@@H]1OC[C@H]2[C@@H](C1=O)[C@H]1C=C[C@@H]2C1. The Morgan fingerprint density at radius 3 is 2.76 bits per heavy atom. The molecule has 0 spiro atoms. The summed E-state index contributed by atoms with van der Waals surface area (Å²) >= 11 is 0. The van der Waals surface area contributed by atoms with Crippen molar-refractivity contribution in [2.24, 2.45) is 23.7 Å². The van der Waals surface area contributed by atoms with Crippen LogP contribution in [0.4, 0.5) is 0 Å². The number of rotatable bonds is 8. The van der Waals surface area contributed by atoms with Crippen LogP contribution in [0.3, 0.4) is 0 Å². The van der Waals surface area contributed by atoms with Gasteiger partial charge in [0.2, 0.25) is 6.29 Å². The highest BCUT2D eigenvalue weighted by atomic mass is 16.7. The van der Waals surface area contributed by atoms with Gasteiger partial charge in [-0.1, -0.05) is 51.2 Å². The molecule has 3 aliphatic rings. The lowest BCUT2D eigenvalue weighted by Crippen LogP contribution is -2.45. The van der Waals surface area contributed by atoms with Crippen molar-refractivity contribution >= 4 is 5.78 Å². The molecule has 2 aliphatic carbocycles. The highest BCUT2D eigenvalue weighted by Gasteiger charge is 2.52. The van der Waals surface area contributed by atoms with Crippen LogP contribution in [0.5, 0.6) is 0 Å². The number of hydrogen-bond acceptors (Lipinski definition) is 3. The van der Waals surface area contributed by atoms with Crippen molar-refractivity contribution in [3.63, 3.8) is 0 Å². The van der Waals surface area contributed by atoms with Gasteiger partial charge in [0, 0.05) is 5.92 Å². The van der Waals surface area contributed by atoms with Gasteiger partial charge in [0.15, 0.2) is 5.78 Å². The van der Waals surface area contributed by atoms with Crippen molar-refractivity contribution < 1.29 is 14.3 Å². The van der Waals surface area contributed by atoms with Crippen LogP contribution in [0.25, 0.3) is 0 Å². The molecule has 0 amide bonds. The van der Waals surface area contributed by atoms with Gasteiger partial charge >= 0.3 is 0 Å². The predicted molar refractivity (Wildman–Crippen MR) is 81.8 cm³/mol. The summed E-state index contributed by atoms with van der Waals surface area (Å²) < 4.78 is 11.4. The van der Waals surface area contributed by atoms with Crippen molar-refractivity contribution in [3.8, 4) is 0 Å². The quantitative estimate of drug-likeness (QED) is 0.505. The second kappa shape index (κ2) is 7.06. The van der Waals surface area contributed by atoms with Crippen molar-refractivity contribution in [1.29, 1.82) is 0 Å². The average molecular weight is 292 g/mol. The number of fused-ring (bicyclic) bond motifs is 5. The van der Waals surface area contributed by atoms with Gasteiger partial charge in [0.25, 0.3) is 0 Å². The predicted octanol–water partition coefficient (Wildman–Crippen LogP) is 3.73. The summed E-state index contributed by atoms with van der Waals surface area (Å²) in [5.74, 6) is 1.82. The molecule has 0 N–H and O–H groups in total. The smallest absolute Gasteiger partial charge is 0.218 e. The third-order valence-electron chi connectivity index (χ3n) is 5.39. The maximum atomic E-state index is 12.5. The highest BCUT2D eigenvalue weighted by Crippen LogP contribution is 2.50. The molecule has 1 aliphatic heterocycles. The third kappa shape index (κ3) is 3.24. The summed E-state index contributed by atoms with van der Waals surface area (Å²) in [5.41, 5.74) is 0. The molecule has 1 saturated heterocycles. The molecule has 3 heteroatoms. The van der Waals surface area contributed by atoms with E-state index >= 15 is 0 Å². The van der Waals surface area contributed by atoms with Crippen LogP contribution in [0, 0.1) is 23.7 Å². The first-order valence-electron chi connectivity index (χ1n) is 8.76. The second-order valence-electron chi connectivity index (χ2n) is 6.84. The van der Waals surface area contributed by atoms with Gasteiger partial charge in [0.1, 0.15) is 0 Å². The minimum atomic E-state index is -0.588. The molecule has 5 atom stereocenters. The number of hydrogen-bond donors (Lipinski definition) is 0. The monoisotopic (exact) mass is 292 g/mol. The zero-order chi connectivity index (χ0) is 14.7. The Hall–Kier alpha value is -0.670. The molecule has 0 unspecified atom stereocenters. The standard InChI is InChI=1S/C18H28O3/c1-2-3-4-5-6-7-10-20-18-17(19)16-14-9-8-13(11-14)15(16)12-21-18/h8-9,13-16,18H,2-7,10-12H2,1H3/t13-,14+,15-,16+,18-/m1/s1. The fourth-order valence-corrected chi connectivity index (χ4v) is 4.21. The van der Waals surface area contributed by atoms with Crippen molar-refractivity contribution in [2.75, 3.05) is 13.2 Å². The molecule has 1 heterocycles. The van der Waals surface area contributed by atoms with E-state index in [4.69, 9.17) is 9.47 Å². The fraction of sp³-hybridized carbons (Fsp3) is 0.833. The summed E-state index contributed by atoms with van der Waals surface area (Å²) in [7, 11) is 0. The Labute approximate surface area is 128 Å². The molecule has 2 bridgehead atoms. The van der Waals surface area contributed by atoms with E-state index in [2.05, 4.69) is 19.1 Å². The van der Waals surface area contributed by atoms with Gasteiger partial charge in [-0.2, -0.15) is 0 Å². The fourth-order valence-electron chi connectivity index (χ4n) is 4.21. The average Bonchev–Trinajstić information content (AvgIpc) is 3.10. The Bertz CT molecular complexity index is 390. The Morgan fingerprint density at radius 1 is 1.14 bits per heavy atom. The molecule has 21 heavy (non-hydrogen) atoms. The van der Waals surface area contributed by atoms with E-state index in [1.165, 1.54) is 32.1 Å². The molecule has 0 aromatic carbocycles. The minimum Gasteiger partial charge on any atom is -0.346 e. The van der Waals surface area contributed by atoms with Crippen LogP contribution in [0.15, 0.2) is 12.2 Å². The number of unbranched alkanes of at least 4 members (excludes halogenated alkanes) is 5. The summed E-state index contributed by atoms with van der Waals surface area (Å²) in [6, 6.07) is 0. The zero-order valence-corrected chi connectivity index (χ0v) is 13.1. The molecule has 2 fully saturated rings. The van der Waals surface area contributed by atoms with Gasteiger partial charge in [-0.3, -0.25) is 4.79 Å². The largest absolute Gasteiger partial charge is 0.346 e. The zero-order valence-electron chi connectivity index (χ0n) is 13.1. The minimum absolute atomic E-state index is 0.170. The van der Waals surface area contributed by atoms with Crippen molar-refractivity contribution in [2.45, 2.75) is 58.2 Å². The molecule has 0 aromatic rings. The first-order chi connectivity index (χ1) is 10.3. The summed E-state index contributed by atoms with van der Waals surface area (Å²) in [6.07, 6.45) is 12.5. The van der Waals surface area contributed by atoms with Crippen LogP contribution < -0.4 is 0 Å². The van der Waals surface area contributed by atoms with Crippen LogP contribution in [-0.4, -0.2) is 25.3 Å². The molecule has 1 saturated carbocycles. The Kier molecular flexibility index (Phi) is 5.12. The summed E-state index contributed by atoms with van der Waals surface area (Å²) in [5, 5.41) is 0. The molecule has 0 aromatic heterocycles. The molecule has 3 nitrogen and oxygen atoms in total. The molecule has 0 radical (unpaired) electrons. The first-order valence-corrected chi connectivity index (χ1v) is 8.76. The van der Waals surface area contributed by atoms with E-state index in [1.807, 2.05) is 0 Å². The van der Waals surface area contributed by atoms with Gasteiger partial charge in [0.05, 0.1) is 13.2 Å². The molecular weight excluding hydrogens is 264 g/mol. The van der Waals surface area contributed by atoms with Crippen LogP contribution in [0.1, 0.15) is 51.9 Å². The van der Waals surface area contributed by atoms with E-state index in [1.54, 1.807) is 0 Å². The van der Waals surface area contributed by atoms with Gasteiger partial charge in [-0.05, 0) is 30.6 Å². The van der Waals surface area contributed by atoms with E-state index in [0.29, 0.717) is 31.0 Å². The number of carbonyl (C=O) groups excluding carboxylic acids is 1. The van der Waals surface area contributed by atoms with Crippen LogP contribution in [0.2, 0.25) is 0 Å². The van der Waals surface area contributed by atoms with Gasteiger partial charge in [-0.15, -0.1) is 0 Å². The number of allylic oxidation sites excluding steroid dienone is 2. The van der Waals surface area contributed by atoms with Crippen molar-refractivity contribution in [3.05, 3.63) is 12.2 Å².